The summed E-state index contributed by atoms with van der Waals surface area (Å²) in [5.74, 6) is 0.411. The summed E-state index contributed by atoms with van der Waals surface area (Å²) in [6, 6.07) is 7.63. The van der Waals surface area contributed by atoms with Gasteiger partial charge in [-0.15, -0.1) is 0 Å². The maximum absolute atomic E-state index is 10.7. The van der Waals surface area contributed by atoms with Crippen molar-refractivity contribution >= 4 is 18.1 Å². The third-order valence-corrected chi connectivity index (χ3v) is 3.84. The van der Waals surface area contributed by atoms with E-state index in [1.165, 1.54) is 19.3 Å². The summed E-state index contributed by atoms with van der Waals surface area (Å²) in [5, 5.41) is 0.685. The molecule has 0 bridgehead atoms. The lowest BCUT2D eigenvalue weighted by molar-refractivity contribution is -0.137. The Kier molecular flexibility index (Phi) is 4.43. The second kappa shape index (κ2) is 6.06. The van der Waals surface area contributed by atoms with E-state index < -0.39 is 0 Å². The first-order chi connectivity index (χ1) is 8.33. The molecule has 0 heterocycles. The fourth-order valence-electron chi connectivity index (χ4n) is 2.64. The zero-order chi connectivity index (χ0) is 12.1. The summed E-state index contributed by atoms with van der Waals surface area (Å²) in [4.78, 5) is 10.7. The van der Waals surface area contributed by atoms with E-state index in [9.17, 15) is 4.79 Å². The molecule has 0 aliphatic heterocycles. The van der Waals surface area contributed by atoms with Crippen LogP contribution >= 0.6 is 11.6 Å². The minimum atomic E-state index is -0.179. The van der Waals surface area contributed by atoms with Crippen LogP contribution in [0, 0.1) is 5.92 Å². The molecule has 17 heavy (non-hydrogen) atoms. The van der Waals surface area contributed by atoms with Crippen LogP contribution in [-0.2, 0) is 9.53 Å². The van der Waals surface area contributed by atoms with Gasteiger partial charge in [-0.3, -0.25) is 4.79 Å². The molecule has 0 N–H and O–H groups in total. The van der Waals surface area contributed by atoms with E-state index in [2.05, 4.69) is 0 Å². The molecule has 1 aliphatic rings. The topological polar surface area (TPSA) is 26.3 Å². The third kappa shape index (κ3) is 3.01. The first-order valence-corrected chi connectivity index (χ1v) is 6.54. The number of hydrogen-bond acceptors (Lipinski definition) is 2. The lowest BCUT2D eigenvalue weighted by atomic mass is 9.82. The summed E-state index contributed by atoms with van der Waals surface area (Å²) in [6.07, 6.45) is 5.77. The van der Waals surface area contributed by atoms with Crippen molar-refractivity contribution in [2.24, 2.45) is 5.92 Å². The molecule has 1 aromatic rings. The number of carbonyl (C=O) groups excluding carboxylic acids is 1. The SMILES string of the molecule is O=COC(c1ccccc1Cl)C1CCCCC1. The summed E-state index contributed by atoms with van der Waals surface area (Å²) >= 11 is 6.18. The molecule has 0 spiro atoms. The van der Waals surface area contributed by atoms with Gasteiger partial charge in [-0.1, -0.05) is 49.1 Å². The number of carbonyl (C=O) groups is 1. The van der Waals surface area contributed by atoms with Crippen LogP contribution in [0.2, 0.25) is 5.02 Å². The van der Waals surface area contributed by atoms with Gasteiger partial charge in [0.2, 0.25) is 0 Å². The van der Waals surface area contributed by atoms with Gasteiger partial charge in [0.25, 0.3) is 6.47 Å². The maximum atomic E-state index is 10.7. The van der Waals surface area contributed by atoms with Crippen molar-refractivity contribution < 1.29 is 9.53 Å². The Morgan fingerprint density at radius 1 is 1.24 bits per heavy atom. The molecule has 3 heteroatoms. The van der Waals surface area contributed by atoms with Crippen LogP contribution in [-0.4, -0.2) is 6.47 Å². The highest BCUT2D eigenvalue weighted by atomic mass is 35.5. The monoisotopic (exact) mass is 252 g/mol. The largest absolute Gasteiger partial charge is 0.459 e. The lowest BCUT2D eigenvalue weighted by Crippen LogP contribution is -2.19. The quantitative estimate of drug-likeness (QED) is 0.753. The predicted octanol–water partition coefficient (Wildman–Crippen LogP) is 4.13. The molecular formula is C14H17ClO2. The highest BCUT2D eigenvalue weighted by Crippen LogP contribution is 2.38. The second-order valence-electron chi connectivity index (χ2n) is 4.57. The molecule has 92 valence electrons. The number of hydrogen-bond donors (Lipinski definition) is 0. The van der Waals surface area contributed by atoms with Crippen LogP contribution in [0.15, 0.2) is 24.3 Å². The average molecular weight is 253 g/mol. The van der Waals surface area contributed by atoms with Gasteiger partial charge >= 0.3 is 0 Å². The second-order valence-corrected chi connectivity index (χ2v) is 4.98. The van der Waals surface area contributed by atoms with Crippen molar-refractivity contribution in [1.82, 2.24) is 0 Å². The van der Waals surface area contributed by atoms with E-state index in [4.69, 9.17) is 16.3 Å². The zero-order valence-corrected chi connectivity index (χ0v) is 10.5. The van der Waals surface area contributed by atoms with Gasteiger partial charge in [-0.25, -0.2) is 0 Å². The summed E-state index contributed by atoms with van der Waals surface area (Å²) < 4.78 is 5.28. The highest BCUT2D eigenvalue weighted by molar-refractivity contribution is 6.31. The van der Waals surface area contributed by atoms with Gasteiger partial charge in [0, 0.05) is 16.5 Å². The van der Waals surface area contributed by atoms with E-state index in [0.29, 0.717) is 17.4 Å². The Balaban J connectivity index is 2.21. The van der Waals surface area contributed by atoms with Gasteiger partial charge in [0.1, 0.15) is 6.10 Å². The Morgan fingerprint density at radius 3 is 2.59 bits per heavy atom. The van der Waals surface area contributed by atoms with Gasteiger partial charge in [-0.2, -0.15) is 0 Å². The lowest BCUT2D eigenvalue weighted by Gasteiger charge is -2.29. The van der Waals surface area contributed by atoms with Crippen molar-refractivity contribution in [3.05, 3.63) is 34.9 Å². The predicted molar refractivity (Wildman–Crippen MR) is 67.9 cm³/mol. The molecule has 1 atom stereocenters. The van der Waals surface area contributed by atoms with Crippen LogP contribution in [0.4, 0.5) is 0 Å². The molecule has 0 saturated heterocycles. The molecular weight excluding hydrogens is 236 g/mol. The average Bonchev–Trinajstić information content (AvgIpc) is 2.38. The van der Waals surface area contributed by atoms with Gasteiger partial charge < -0.3 is 4.74 Å². The van der Waals surface area contributed by atoms with Crippen molar-refractivity contribution in [1.29, 1.82) is 0 Å². The Labute approximate surface area is 107 Å². The molecule has 1 fully saturated rings. The minimum Gasteiger partial charge on any atom is -0.459 e. The third-order valence-electron chi connectivity index (χ3n) is 3.49. The van der Waals surface area contributed by atoms with Gasteiger partial charge in [0.15, 0.2) is 0 Å². The normalized spacial score (nSPS) is 18.6. The number of rotatable bonds is 4. The molecule has 0 amide bonds. The van der Waals surface area contributed by atoms with Crippen LogP contribution in [0.1, 0.15) is 43.8 Å². The molecule has 2 nitrogen and oxygen atoms in total. The number of benzene rings is 1. The van der Waals surface area contributed by atoms with E-state index in [-0.39, 0.29) is 6.10 Å². The highest BCUT2D eigenvalue weighted by Gasteiger charge is 2.27. The molecule has 0 aromatic heterocycles. The zero-order valence-electron chi connectivity index (χ0n) is 9.77. The van der Waals surface area contributed by atoms with Crippen molar-refractivity contribution in [3.8, 4) is 0 Å². The van der Waals surface area contributed by atoms with E-state index in [1.54, 1.807) is 0 Å². The summed E-state index contributed by atoms with van der Waals surface area (Å²) in [7, 11) is 0. The fourth-order valence-corrected chi connectivity index (χ4v) is 2.88. The van der Waals surface area contributed by atoms with Gasteiger partial charge in [0.05, 0.1) is 0 Å². The first-order valence-electron chi connectivity index (χ1n) is 6.16. The van der Waals surface area contributed by atoms with Crippen molar-refractivity contribution in [3.63, 3.8) is 0 Å². The smallest absolute Gasteiger partial charge is 0.293 e. The molecule has 2 rings (SSSR count). The molecule has 0 radical (unpaired) electrons. The van der Waals surface area contributed by atoms with E-state index in [1.807, 2.05) is 24.3 Å². The van der Waals surface area contributed by atoms with E-state index in [0.717, 1.165) is 18.4 Å². The van der Waals surface area contributed by atoms with Crippen LogP contribution < -0.4 is 0 Å². The van der Waals surface area contributed by atoms with Crippen LogP contribution in [0.3, 0.4) is 0 Å². The maximum Gasteiger partial charge on any atom is 0.293 e. The molecule has 1 saturated carbocycles. The first kappa shape index (κ1) is 12.4. The molecule has 1 unspecified atom stereocenters. The minimum absolute atomic E-state index is 0.179. The number of halogens is 1. The summed E-state index contributed by atoms with van der Waals surface area (Å²) in [6.45, 7) is 0.544. The van der Waals surface area contributed by atoms with Crippen LogP contribution in [0.5, 0.6) is 0 Å². The molecule has 1 aliphatic carbocycles. The van der Waals surface area contributed by atoms with Gasteiger partial charge in [-0.05, 0) is 18.9 Å². The van der Waals surface area contributed by atoms with Crippen molar-refractivity contribution in [2.45, 2.75) is 38.2 Å². The van der Waals surface area contributed by atoms with Crippen molar-refractivity contribution in [2.75, 3.05) is 0 Å². The summed E-state index contributed by atoms with van der Waals surface area (Å²) in [5.41, 5.74) is 0.938. The Bertz CT molecular complexity index is 372. The fraction of sp³-hybridized carbons (Fsp3) is 0.500. The standard InChI is InChI=1S/C14H17ClO2/c15-13-9-5-4-8-12(13)14(17-10-16)11-6-2-1-3-7-11/h4-5,8-11,14H,1-3,6-7H2. The Hall–Kier alpha value is -1.02. The molecule has 1 aromatic carbocycles. The number of ether oxygens (including phenoxy) is 1. The van der Waals surface area contributed by atoms with Crippen LogP contribution in [0.25, 0.3) is 0 Å². The van der Waals surface area contributed by atoms with E-state index >= 15 is 0 Å². The Morgan fingerprint density at radius 2 is 1.94 bits per heavy atom.